The number of hydrogen-bond acceptors (Lipinski definition) is 2. The lowest BCUT2D eigenvalue weighted by atomic mass is 9.89. The third-order valence-corrected chi connectivity index (χ3v) is 3.70. The number of carbonyl (C=O) groups excluding carboxylic acids is 1. The lowest BCUT2D eigenvalue weighted by molar-refractivity contribution is 0.158. The van der Waals surface area contributed by atoms with Gasteiger partial charge in [0.25, 0.3) is 0 Å². The van der Waals surface area contributed by atoms with E-state index in [1.165, 1.54) is 44.9 Å². The van der Waals surface area contributed by atoms with Crippen LogP contribution in [-0.2, 0) is 4.74 Å². The first-order valence-corrected chi connectivity index (χ1v) is 7.91. The Morgan fingerprint density at radius 2 is 1.58 bits per heavy atom. The monoisotopic (exact) mass is 269 g/mol. The van der Waals surface area contributed by atoms with Crippen LogP contribution in [-0.4, -0.2) is 30.7 Å². The molecule has 0 unspecified atom stereocenters. The molecule has 1 aliphatic heterocycles. The molecule has 0 aliphatic carbocycles. The van der Waals surface area contributed by atoms with E-state index in [0.717, 1.165) is 19.5 Å². The molecular weight excluding hydrogens is 238 g/mol. The molecule has 3 nitrogen and oxygen atoms in total. The maximum Gasteiger partial charge on any atom is 0.409 e. The molecule has 3 heteroatoms. The van der Waals surface area contributed by atoms with Crippen LogP contribution in [0.2, 0.25) is 0 Å². The van der Waals surface area contributed by atoms with Crippen molar-refractivity contribution in [2.24, 2.45) is 5.41 Å². The highest BCUT2D eigenvalue weighted by molar-refractivity contribution is 5.69. The van der Waals surface area contributed by atoms with E-state index in [0.29, 0.717) is 12.0 Å². The number of cyclic esters (lactones) is 1. The van der Waals surface area contributed by atoms with Crippen molar-refractivity contribution in [1.82, 2.24) is 4.90 Å². The van der Waals surface area contributed by atoms with Crippen LogP contribution < -0.4 is 0 Å². The van der Waals surface area contributed by atoms with Crippen LogP contribution in [0.1, 0.15) is 72.1 Å². The van der Waals surface area contributed by atoms with Crippen molar-refractivity contribution in [2.75, 3.05) is 19.7 Å². The summed E-state index contributed by atoms with van der Waals surface area (Å²) in [4.78, 5) is 13.0. The molecular formula is C16H31NO2. The number of carbonyl (C=O) groups is 1. The van der Waals surface area contributed by atoms with Crippen LogP contribution in [0.5, 0.6) is 0 Å². The molecule has 19 heavy (non-hydrogen) atoms. The van der Waals surface area contributed by atoms with Gasteiger partial charge < -0.3 is 9.64 Å². The number of rotatable bonds is 9. The van der Waals surface area contributed by atoms with Gasteiger partial charge in [-0.25, -0.2) is 4.79 Å². The van der Waals surface area contributed by atoms with E-state index in [1.807, 2.05) is 4.90 Å². The second-order valence-corrected chi connectivity index (χ2v) is 6.89. The largest absolute Gasteiger partial charge is 0.448 e. The van der Waals surface area contributed by atoms with Crippen LogP contribution in [0.3, 0.4) is 0 Å². The Morgan fingerprint density at radius 3 is 2.11 bits per heavy atom. The van der Waals surface area contributed by atoms with E-state index in [2.05, 4.69) is 20.8 Å². The summed E-state index contributed by atoms with van der Waals surface area (Å²) in [5.74, 6) is 0. The van der Waals surface area contributed by atoms with Crippen molar-refractivity contribution in [3.8, 4) is 0 Å². The number of nitrogens with zero attached hydrogens (tertiary/aromatic N) is 1. The third kappa shape index (κ3) is 8.12. The highest BCUT2D eigenvalue weighted by Crippen LogP contribution is 2.22. The van der Waals surface area contributed by atoms with E-state index < -0.39 is 0 Å². The van der Waals surface area contributed by atoms with E-state index in [-0.39, 0.29) is 6.09 Å². The van der Waals surface area contributed by atoms with Gasteiger partial charge in [-0.1, -0.05) is 59.3 Å². The van der Waals surface area contributed by atoms with Crippen molar-refractivity contribution in [2.45, 2.75) is 72.1 Å². The zero-order valence-electron chi connectivity index (χ0n) is 13.0. The highest BCUT2D eigenvalue weighted by Gasteiger charge is 2.20. The van der Waals surface area contributed by atoms with E-state index in [9.17, 15) is 4.79 Å². The summed E-state index contributed by atoms with van der Waals surface area (Å²) in [6, 6.07) is 0. The Balaban J connectivity index is 1.82. The summed E-state index contributed by atoms with van der Waals surface area (Å²) >= 11 is 0. The summed E-state index contributed by atoms with van der Waals surface area (Å²) in [5.41, 5.74) is 0.490. The molecule has 112 valence electrons. The van der Waals surface area contributed by atoms with Gasteiger partial charge in [0, 0.05) is 6.54 Å². The summed E-state index contributed by atoms with van der Waals surface area (Å²) in [5, 5.41) is 0. The molecule has 1 aliphatic rings. The molecule has 1 amide bonds. The molecule has 0 saturated carbocycles. The minimum Gasteiger partial charge on any atom is -0.448 e. The van der Waals surface area contributed by atoms with Gasteiger partial charge in [-0.15, -0.1) is 0 Å². The van der Waals surface area contributed by atoms with Crippen LogP contribution in [0.25, 0.3) is 0 Å². The maximum atomic E-state index is 11.2. The van der Waals surface area contributed by atoms with Crippen molar-refractivity contribution in [3.05, 3.63) is 0 Å². The van der Waals surface area contributed by atoms with Gasteiger partial charge in [0.15, 0.2) is 0 Å². The quantitative estimate of drug-likeness (QED) is 0.572. The standard InChI is InChI=1S/C16H31NO2/c1-16(2,3)11-9-7-5-4-6-8-10-12-17-13-14-19-15(17)18/h4-14H2,1-3H3. The first kappa shape index (κ1) is 16.3. The lowest BCUT2D eigenvalue weighted by Crippen LogP contribution is -2.25. The molecule has 1 fully saturated rings. The van der Waals surface area contributed by atoms with Crippen LogP contribution in [0.15, 0.2) is 0 Å². The topological polar surface area (TPSA) is 29.5 Å². The first-order valence-electron chi connectivity index (χ1n) is 7.91. The molecule has 0 aromatic carbocycles. The van der Waals surface area contributed by atoms with Crippen molar-refractivity contribution >= 4 is 6.09 Å². The Bertz CT molecular complexity index is 258. The second kappa shape index (κ2) is 8.44. The Labute approximate surface area is 118 Å². The average molecular weight is 269 g/mol. The number of hydrogen-bond donors (Lipinski definition) is 0. The molecule has 0 aromatic rings. The smallest absolute Gasteiger partial charge is 0.409 e. The Hall–Kier alpha value is -0.730. The molecule has 0 spiro atoms. The van der Waals surface area contributed by atoms with Gasteiger partial charge in [-0.05, 0) is 18.3 Å². The predicted molar refractivity (Wildman–Crippen MR) is 79.3 cm³/mol. The molecule has 1 rings (SSSR count). The summed E-state index contributed by atoms with van der Waals surface area (Å²) < 4.78 is 4.90. The number of amides is 1. The van der Waals surface area contributed by atoms with E-state index in [1.54, 1.807) is 0 Å². The fourth-order valence-electron chi connectivity index (χ4n) is 2.47. The highest BCUT2D eigenvalue weighted by atomic mass is 16.6. The second-order valence-electron chi connectivity index (χ2n) is 6.89. The molecule has 0 atom stereocenters. The molecule has 0 N–H and O–H groups in total. The fourth-order valence-corrected chi connectivity index (χ4v) is 2.47. The van der Waals surface area contributed by atoms with Crippen LogP contribution in [0.4, 0.5) is 4.79 Å². The van der Waals surface area contributed by atoms with Gasteiger partial charge in [-0.3, -0.25) is 0 Å². The van der Waals surface area contributed by atoms with Crippen molar-refractivity contribution < 1.29 is 9.53 Å². The maximum absolute atomic E-state index is 11.2. The summed E-state index contributed by atoms with van der Waals surface area (Å²) in [7, 11) is 0. The third-order valence-electron chi connectivity index (χ3n) is 3.70. The van der Waals surface area contributed by atoms with Gasteiger partial charge in [0.05, 0.1) is 6.54 Å². The Kier molecular flexibility index (Phi) is 7.25. The lowest BCUT2D eigenvalue weighted by Gasteiger charge is -2.17. The molecule has 0 aromatic heterocycles. The van der Waals surface area contributed by atoms with Crippen LogP contribution >= 0.6 is 0 Å². The summed E-state index contributed by atoms with van der Waals surface area (Å²) in [6.07, 6.45) is 10.3. The SMILES string of the molecule is CC(C)(C)CCCCCCCCCN1CCOC1=O. The first-order chi connectivity index (χ1) is 8.99. The Morgan fingerprint density at radius 1 is 1.00 bits per heavy atom. The number of unbranched alkanes of at least 4 members (excludes halogenated alkanes) is 6. The van der Waals surface area contributed by atoms with Crippen molar-refractivity contribution in [3.63, 3.8) is 0 Å². The molecule has 1 saturated heterocycles. The van der Waals surface area contributed by atoms with E-state index in [4.69, 9.17) is 4.74 Å². The van der Waals surface area contributed by atoms with Gasteiger partial charge >= 0.3 is 6.09 Å². The van der Waals surface area contributed by atoms with Gasteiger partial charge in [0.2, 0.25) is 0 Å². The van der Waals surface area contributed by atoms with E-state index >= 15 is 0 Å². The molecule has 0 bridgehead atoms. The van der Waals surface area contributed by atoms with Crippen molar-refractivity contribution in [1.29, 1.82) is 0 Å². The predicted octanol–water partition coefficient (Wildman–Crippen LogP) is 4.61. The average Bonchev–Trinajstić information content (AvgIpc) is 2.71. The molecule has 0 radical (unpaired) electrons. The molecule has 1 heterocycles. The normalized spacial score (nSPS) is 15.9. The van der Waals surface area contributed by atoms with Gasteiger partial charge in [0.1, 0.15) is 6.61 Å². The minimum absolute atomic E-state index is 0.123. The summed E-state index contributed by atoms with van der Waals surface area (Å²) in [6.45, 7) is 9.18. The zero-order valence-corrected chi connectivity index (χ0v) is 13.0. The zero-order chi connectivity index (χ0) is 14.1. The minimum atomic E-state index is -0.123. The van der Waals surface area contributed by atoms with Gasteiger partial charge in [-0.2, -0.15) is 0 Å². The number of ether oxygens (including phenoxy) is 1. The fraction of sp³-hybridized carbons (Fsp3) is 0.938. The van der Waals surface area contributed by atoms with Crippen LogP contribution in [0, 0.1) is 5.41 Å².